The summed E-state index contributed by atoms with van der Waals surface area (Å²) in [5, 5.41) is 17.1. The Labute approximate surface area is 185 Å². The molecule has 0 unspecified atom stereocenters. The number of carbonyl (C=O) groups excluding carboxylic acids is 1. The molecule has 0 aliphatic heterocycles. The molecule has 3 aromatic rings. The van der Waals surface area contributed by atoms with Crippen molar-refractivity contribution in [1.29, 1.82) is 0 Å². The maximum atomic E-state index is 14.3. The lowest BCUT2D eigenvalue weighted by Crippen LogP contribution is -2.31. The molecule has 1 aliphatic carbocycles. The van der Waals surface area contributed by atoms with Crippen LogP contribution < -0.4 is 5.32 Å². The van der Waals surface area contributed by atoms with Crippen LogP contribution in [0.3, 0.4) is 0 Å². The zero-order valence-corrected chi connectivity index (χ0v) is 17.8. The summed E-state index contributed by atoms with van der Waals surface area (Å²) in [5.41, 5.74) is 1.77. The van der Waals surface area contributed by atoms with Crippen molar-refractivity contribution in [1.82, 2.24) is 15.1 Å². The minimum atomic E-state index is -1.12. The van der Waals surface area contributed by atoms with Crippen molar-refractivity contribution in [3.8, 4) is 17.5 Å². The minimum Gasteiger partial charge on any atom is -0.378 e. The van der Waals surface area contributed by atoms with E-state index in [-0.39, 0.29) is 17.6 Å². The third kappa shape index (κ3) is 4.71. The number of amides is 1. The SMILES string of the molecule is CC(C)(O)C#Cc1cccc(C(=O)N[C@@H]2CCCc3c2cnn3-c2ccc(F)cc2F)c1. The van der Waals surface area contributed by atoms with Gasteiger partial charge in [-0.25, -0.2) is 13.5 Å². The molecule has 2 N–H and O–H groups in total. The van der Waals surface area contributed by atoms with Crippen LogP contribution in [-0.4, -0.2) is 26.4 Å². The lowest BCUT2D eigenvalue weighted by molar-refractivity contribution is 0.0932. The van der Waals surface area contributed by atoms with Crippen LogP contribution in [-0.2, 0) is 6.42 Å². The normalized spacial score (nSPS) is 15.5. The van der Waals surface area contributed by atoms with Gasteiger partial charge in [-0.3, -0.25) is 4.79 Å². The second kappa shape index (κ2) is 8.56. The molecule has 1 heterocycles. The van der Waals surface area contributed by atoms with Gasteiger partial charge in [0.2, 0.25) is 0 Å². The van der Waals surface area contributed by atoms with Gasteiger partial charge >= 0.3 is 0 Å². The standard InChI is InChI=1S/C25H23F2N3O2/c1-25(2,32)12-11-16-5-3-6-17(13-16)24(31)29-21-7-4-8-22-19(21)15-28-30(22)23-10-9-18(26)14-20(23)27/h3,5-6,9-10,13-15,21,32H,4,7-8H2,1-2H3,(H,29,31)/t21-/m1/s1. The van der Waals surface area contributed by atoms with Gasteiger partial charge in [-0.05, 0) is 63.4 Å². The molecule has 1 amide bonds. The fourth-order valence-electron chi connectivity index (χ4n) is 3.77. The van der Waals surface area contributed by atoms with Gasteiger partial charge in [-0.1, -0.05) is 17.9 Å². The molecule has 1 aliphatic rings. The van der Waals surface area contributed by atoms with Gasteiger partial charge in [-0.15, -0.1) is 0 Å². The molecule has 4 rings (SSSR count). The number of benzene rings is 2. The van der Waals surface area contributed by atoms with Crippen molar-refractivity contribution in [2.45, 2.75) is 44.8 Å². The van der Waals surface area contributed by atoms with Gasteiger partial charge < -0.3 is 10.4 Å². The Morgan fingerprint density at radius 1 is 1.25 bits per heavy atom. The first-order chi connectivity index (χ1) is 15.2. The summed E-state index contributed by atoms with van der Waals surface area (Å²) in [6.45, 7) is 3.18. The third-order valence-electron chi connectivity index (χ3n) is 5.26. The van der Waals surface area contributed by atoms with Gasteiger partial charge in [0.05, 0.1) is 12.2 Å². The van der Waals surface area contributed by atoms with Gasteiger partial charge in [0.15, 0.2) is 5.82 Å². The molecular formula is C25H23F2N3O2. The Bertz CT molecular complexity index is 1230. The first-order valence-corrected chi connectivity index (χ1v) is 10.4. The van der Waals surface area contributed by atoms with E-state index in [0.29, 0.717) is 17.5 Å². The van der Waals surface area contributed by atoms with E-state index in [2.05, 4.69) is 22.3 Å². The highest BCUT2D eigenvalue weighted by atomic mass is 19.1. The van der Waals surface area contributed by atoms with Crippen LogP contribution in [0.1, 0.15) is 59.9 Å². The Morgan fingerprint density at radius 2 is 2.06 bits per heavy atom. The molecule has 0 saturated heterocycles. The summed E-state index contributed by atoms with van der Waals surface area (Å²) in [7, 11) is 0. The molecule has 0 radical (unpaired) electrons. The highest BCUT2D eigenvalue weighted by molar-refractivity contribution is 5.94. The number of hydrogen-bond acceptors (Lipinski definition) is 3. The van der Waals surface area contributed by atoms with Gasteiger partial charge in [0.1, 0.15) is 17.1 Å². The molecule has 32 heavy (non-hydrogen) atoms. The highest BCUT2D eigenvalue weighted by Crippen LogP contribution is 2.32. The van der Waals surface area contributed by atoms with Crippen molar-refractivity contribution in [2.24, 2.45) is 0 Å². The summed E-state index contributed by atoms with van der Waals surface area (Å²) in [6, 6.07) is 10.0. The number of halogens is 2. The summed E-state index contributed by atoms with van der Waals surface area (Å²) in [4.78, 5) is 12.9. The number of carbonyl (C=O) groups is 1. The third-order valence-corrected chi connectivity index (χ3v) is 5.26. The summed E-state index contributed by atoms with van der Waals surface area (Å²) in [5.74, 6) is 4.02. The maximum Gasteiger partial charge on any atom is 0.251 e. The van der Waals surface area contributed by atoms with Crippen LogP contribution in [0.2, 0.25) is 0 Å². The molecule has 7 heteroatoms. The zero-order valence-electron chi connectivity index (χ0n) is 17.8. The number of aromatic nitrogens is 2. The summed E-state index contributed by atoms with van der Waals surface area (Å²) >= 11 is 0. The van der Waals surface area contributed by atoms with Crippen LogP contribution in [0.25, 0.3) is 5.69 Å². The summed E-state index contributed by atoms with van der Waals surface area (Å²) in [6.07, 6.45) is 3.84. The molecule has 0 fully saturated rings. The van der Waals surface area contributed by atoms with Crippen molar-refractivity contribution in [3.63, 3.8) is 0 Å². The number of nitrogens with one attached hydrogen (secondary N) is 1. The topological polar surface area (TPSA) is 67.2 Å². The number of nitrogens with zero attached hydrogens (tertiary/aromatic N) is 2. The fourth-order valence-corrected chi connectivity index (χ4v) is 3.77. The molecule has 0 saturated carbocycles. The Hall–Kier alpha value is -3.50. The quantitative estimate of drug-likeness (QED) is 0.610. The number of fused-ring (bicyclic) bond motifs is 1. The van der Waals surface area contributed by atoms with Crippen molar-refractivity contribution in [2.75, 3.05) is 0 Å². The van der Waals surface area contributed by atoms with Gasteiger partial charge in [-0.2, -0.15) is 5.10 Å². The first kappa shape index (κ1) is 21.7. The highest BCUT2D eigenvalue weighted by Gasteiger charge is 2.27. The maximum absolute atomic E-state index is 14.3. The Morgan fingerprint density at radius 3 is 2.81 bits per heavy atom. The van der Waals surface area contributed by atoms with Crippen molar-refractivity contribution >= 4 is 5.91 Å². The molecule has 0 bridgehead atoms. The monoisotopic (exact) mass is 435 g/mol. The average Bonchev–Trinajstić information content (AvgIpc) is 3.17. The predicted molar refractivity (Wildman–Crippen MR) is 116 cm³/mol. The minimum absolute atomic E-state index is 0.178. The van der Waals surface area contributed by atoms with Gasteiger partial charge in [0, 0.05) is 28.5 Å². The largest absolute Gasteiger partial charge is 0.378 e. The smallest absolute Gasteiger partial charge is 0.251 e. The van der Waals surface area contributed by atoms with E-state index in [1.54, 1.807) is 44.3 Å². The van der Waals surface area contributed by atoms with Crippen molar-refractivity contribution < 1.29 is 18.7 Å². The Balaban J connectivity index is 1.57. The van der Waals surface area contributed by atoms with E-state index in [1.165, 1.54) is 16.8 Å². The predicted octanol–water partition coefficient (Wildman–Crippen LogP) is 4.08. The Kier molecular flexibility index (Phi) is 5.81. The van der Waals surface area contributed by atoms with E-state index in [1.807, 2.05) is 0 Å². The number of rotatable bonds is 3. The van der Waals surface area contributed by atoms with E-state index in [0.717, 1.165) is 30.2 Å². The molecule has 5 nitrogen and oxygen atoms in total. The fraction of sp³-hybridized carbons (Fsp3) is 0.280. The van der Waals surface area contributed by atoms with Crippen LogP contribution in [0.15, 0.2) is 48.7 Å². The molecule has 164 valence electrons. The van der Waals surface area contributed by atoms with Gasteiger partial charge in [0.25, 0.3) is 5.91 Å². The molecule has 1 atom stereocenters. The van der Waals surface area contributed by atoms with E-state index in [9.17, 15) is 18.7 Å². The first-order valence-electron chi connectivity index (χ1n) is 10.4. The molecule has 2 aromatic carbocycles. The average molecular weight is 435 g/mol. The molecule has 1 aromatic heterocycles. The van der Waals surface area contributed by atoms with Crippen LogP contribution in [0.4, 0.5) is 8.78 Å². The lowest BCUT2D eigenvalue weighted by atomic mass is 9.92. The molecule has 0 spiro atoms. The zero-order chi connectivity index (χ0) is 22.9. The van der Waals surface area contributed by atoms with Crippen LogP contribution in [0.5, 0.6) is 0 Å². The second-order valence-electron chi connectivity index (χ2n) is 8.36. The van der Waals surface area contributed by atoms with Crippen LogP contribution >= 0.6 is 0 Å². The summed E-state index contributed by atoms with van der Waals surface area (Å²) < 4.78 is 29.1. The van der Waals surface area contributed by atoms with E-state index < -0.39 is 17.2 Å². The molecular weight excluding hydrogens is 412 g/mol. The van der Waals surface area contributed by atoms with E-state index >= 15 is 0 Å². The van der Waals surface area contributed by atoms with E-state index in [4.69, 9.17) is 0 Å². The number of aliphatic hydroxyl groups is 1. The number of hydrogen-bond donors (Lipinski definition) is 2. The van der Waals surface area contributed by atoms with Crippen LogP contribution in [0, 0.1) is 23.5 Å². The van der Waals surface area contributed by atoms with Crippen molar-refractivity contribution in [3.05, 3.63) is 82.7 Å². The second-order valence-corrected chi connectivity index (χ2v) is 8.36. The lowest BCUT2D eigenvalue weighted by Gasteiger charge is -2.24.